The SMILES string of the molecule is CC(N)C(C)C(=O)N(C)C(c1ccc(F)cc1)c1ccc(Cl)cc1.Cl. The minimum absolute atomic E-state index is 0. The number of rotatable bonds is 5. The molecule has 0 aliphatic rings. The maximum atomic E-state index is 13.3. The Morgan fingerprint density at radius 3 is 1.92 bits per heavy atom. The Balaban J connectivity index is 0.00000312. The van der Waals surface area contributed by atoms with Crippen LogP contribution in [0.1, 0.15) is 31.0 Å². The van der Waals surface area contributed by atoms with Gasteiger partial charge in [-0.25, -0.2) is 4.39 Å². The summed E-state index contributed by atoms with van der Waals surface area (Å²) in [6, 6.07) is 12.9. The van der Waals surface area contributed by atoms with E-state index in [1.54, 1.807) is 36.2 Å². The molecule has 0 fully saturated rings. The van der Waals surface area contributed by atoms with E-state index in [1.807, 2.05) is 26.0 Å². The number of hydrogen-bond donors (Lipinski definition) is 1. The molecule has 0 bridgehead atoms. The molecule has 0 saturated heterocycles. The van der Waals surface area contributed by atoms with Crippen molar-refractivity contribution in [2.45, 2.75) is 25.9 Å². The van der Waals surface area contributed by atoms with Crippen molar-refractivity contribution in [1.82, 2.24) is 4.90 Å². The van der Waals surface area contributed by atoms with Gasteiger partial charge in [0.15, 0.2) is 0 Å². The van der Waals surface area contributed by atoms with Gasteiger partial charge in [-0.15, -0.1) is 12.4 Å². The summed E-state index contributed by atoms with van der Waals surface area (Å²) in [6.07, 6.45) is 0. The molecule has 0 aliphatic heterocycles. The van der Waals surface area contributed by atoms with Crippen LogP contribution in [-0.2, 0) is 4.79 Å². The molecule has 6 heteroatoms. The molecule has 1 amide bonds. The highest BCUT2D eigenvalue weighted by Gasteiger charge is 2.28. The van der Waals surface area contributed by atoms with Gasteiger partial charge in [-0.2, -0.15) is 0 Å². The normalized spacial score (nSPS) is 14.2. The van der Waals surface area contributed by atoms with Gasteiger partial charge in [0.1, 0.15) is 5.82 Å². The summed E-state index contributed by atoms with van der Waals surface area (Å²) in [7, 11) is 1.74. The third-order valence-electron chi connectivity index (χ3n) is 4.28. The first kappa shape index (κ1) is 21.4. The van der Waals surface area contributed by atoms with Crippen molar-refractivity contribution in [3.63, 3.8) is 0 Å². The largest absolute Gasteiger partial charge is 0.334 e. The van der Waals surface area contributed by atoms with Gasteiger partial charge in [0, 0.05) is 18.1 Å². The van der Waals surface area contributed by atoms with E-state index >= 15 is 0 Å². The highest BCUT2D eigenvalue weighted by Crippen LogP contribution is 2.30. The summed E-state index contributed by atoms with van der Waals surface area (Å²) in [4.78, 5) is 14.4. The van der Waals surface area contributed by atoms with Crippen molar-refractivity contribution in [2.24, 2.45) is 11.7 Å². The molecule has 0 spiro atoms. The van der Waals surface area contributed by atoms with Crippen molar-refractivity contribution in [2.75, 3.05) is 7.05 Å². The Morgan fingerprint density at radius 2 is 1.48 bits per heavy atom. The van der Waals surface area contributed by atoms with Gasteiger partial charge >= 0.3 is 0 Å². The number of carbonyl (C=O) groups excluding carboxylic acids is 1. The van der Waals surface area contributed by atoms with E-state index in [2.05, 4.69) is 0 Å². The summed E-state index contributed by atoms with van der Waals surface area (Å²) in [5.74, 6) is -0.689. The zero-order chi connectivity index (χ0) is 17.9. The predicted molar refractivity (Wildman–Crippen MR) is 103 cm³/mol. The van der Waals surface area contributed by atoms with Crippen LogP contribution in [-0.4, -0.2) is 23.9 Å². The van der Waals surface area contributed by atoms with Crippen LogP contribution in [0.5, 0.6) is 0 Å². The average molecular weight is 385 g/mol. The lowest BCUT2D eigenvalue weighted by molar-refractivity contribution is -0.135. The van der Waals surface area contributed by atoms with Crippen molar-refractivity contribution >= 4 is 29.9 Å². The maximum absolute atomic E-state index is 13.3. The van der Waals surface area contributed by atoms with E-state index in [0.717, 1.165) is 11.1 Å². The van der Waals surface area contributed by atoms with Crippen LogP contribution in [0.3, 0.4) is 0 Å². The molecule has 136 valence electrons. The van der Waals surface area contributed by atoms with Gasteiger partial charge in [0.2, 0.25) is 5.91 Å². The number of benzene rings is 2. The second-order valence-corrected chi connectivity index (χ2v) is 6.54. The fraction of sp³-hybridized carbons (Fsp3) is 0.316. The van der Waals surface area contributed by atoms with Crippen LogP contribution in [0.15, 0.2) is 48.5 Å². The first-order valence-electron chi connectivity index (χ1n) is 7.84. The number of nitrogens with two attached hydrogens (primary N) is 1. The smallest absolute Gasteiger partial charge is 0.227 e. The molecule has 25 heavy (non-hydrogen) atoms. The minimum Gasteiger partial charge on any atom is -0.334 e. The summed E-state index contributed by atoms with van der Waals surface area (Å²) in [5.41, 5.74) is 7.60. The molecule has 2 rings (SSSR count). The molecule has 3 unspecified atom stereocenters. The van der Waals surface area contributed by atoms with Gasteiger partial charge in [-0.3, -0.25) is 4.79 Å². The Hall–Kier alpha value is -1.62. The second kappa shape index (κ2) is 9.18. The lowest BCUT2D eigenvalue weighted by Gasteiger charge is -2.32. The highest BCUT2D eigenvalue weighted by molar-refractivity contribution is 6.30. The molecule has 2 aromatic carbocycles. The van der Waals surface area contributed by atoms with Crippen molar-refractivity contribution in [1.29, 1.82) is 0 Å². The van der Waals surface area contributed by atoms with Crippen LogP contribution in [0.4, 0.5) is 4.39 Å². The van der Waals surface area contributed by atoms with Crippen LogP contribution >= 0.6 is 24.0 Å². The second-order valence-electron chi connectivity index (χ2n) is 6.10. The first-order valence-corrected chi connectivity index (χ1v) is 8.22. The quantitative estimate of drug-likeness (QED) is 0.828. The van der Waals surface area contributed by atoms with Crippen molar-refractivity contribution in [3.8, 4) is 0 Å². The standard InChI is InChI=1S/C19H22ClFN2O.ClH/c1-12(13(2)22)19(24)23(3)18(14-4-8-16(20)9-5-14)15-6-10-17(21)11-7-15;/h4-13,18H,22H2,1-3H3;1H. The van der Waals surface area contributed by atoms with Crippen LogP contribution in [0.25, 0.3) is 0 Å². The monoisotopic (exact) mass is 384 g/mol. The Labute approximate surface area is 159 Å². The third-order valence-corrected chi connectivity index (χ3v) is 4.54. The maximum Gasteiger partial charge on any atom is 0.227 e. The van der Waals surface area contributed by atoms with E-state index in [-0.39, 0.29) is 42.1 Å². The molecule has 2 N–H and O–H groups in total. The van der Waals surface area contributed by atoms with Crippen molar-refractivity contribution in [3.05, 3.63) is 70.5 Å². The molecule has 0 aliphatic carbocycles. The summed E-state index contributed by atoms with van der Waals surface area (Å²) in [6.45, 7) is 3.62. The predicted octanol–water partition coefficient (Wildman–Crippen LogP) is 4.43. The van der Waals surface area contributed by atoms with Gasteiger partial charge in [-0.05, 0) is 42.3 Å². The summed E-state index contributed by atoms with van der Waals surface area (Å²) < 4.78 is 13.3. The lowest BCUT2D eigenvalue weighted by atomic mass is 9.95. The molecule has 0 radical (unpaired) electrons. The van der Waals surface area contributed by atoms with E-state index in [9.17, 15) is 9.18 Å². The summed E-state index contributed by atoms with van der Waals surface area (Å²) >= 11 is 5.97. The van der Waals surface area contributed by atoms with Crippen LogP contribution < -0.4 is 5.73 Å². The number of nitrogens with zero attached hydrogens (tertiary/aromatic N) is 1. The van der Waals surface area contributed by atoms with E-state index in [1.165, 1.54) is 12.1 Å². The fourth-order valence-corrected chi connectivity index (χ4v) is 2.73. The topological polar surface area (TPSA) is 46.3 Å². The van der Waals surface area contributed by atoms with Crippen molar-refractivity contribution < 1.29 is 9.18 Å². The van der Waals surface area contributed by atoms with Crippen LogP contribution in [0, 0.1) is 11.7 Å². The molecule has 3 nitrogen and oxygen atoms in total. The Kier molecular flexibility index (Phi) is 7.87. The highest BCUT2D eigenvalue weighted by atomic mass is 35.5. The number of carbonyl (C=O) groups is 1. The minimum atomic E-state index is -0.337. The number of amides is 1. The lowest BCUT2D eigenvalue weighted by Crippen LogP contribution is -2.41. The number of hydrogen-bond acceptors (Lipinski definition) is 2. The molecule has 0 heterocycles. The van der Waals surface area contributed by atoms with Gasteiger partial charge in [0.05, 0.1) is 12.0 Å². The van der Waals surface area contributed by atoms with E-state index < -0.39 is 0 Å². The zero-order valence-electron chi connectivity index (χ0n) is 14.4. The Bertz CT molecular complexity index is 644. The van der Waals surface area contributed by atoms with Gasteiger partial charge < -0.3 is 10.6 Å². The first-order chi connectivity index (χ1) is 11.3. The third kappa shape index (κ3) is 5.18. The van der Waals surface area contributed by atoms with E-state index in [4.69, 9.17) is 17.3 Å². The van der Waals surface area contributed by atoms with E-state index in [0.29, 0.717) is 5.02 Å². The zero-order valence-corrected chi connectivity index (χ0v) is 16.0. The summed E-state index contributed by atoms with van der Waals surface area (Å²) in [5, 5.41) is 0.620. The molecular weight excluding hydrogens is 362 g/mol. The number of halogens is 3. The Morgan fingerprint density at radius 1 is 1.04 bits per heavy atom. The average Bonchev–Trinajstić information content (AvgIpc) is 2.56. The molecule has 0 aromatic heterocycles. The molecule has 0 saturated carbocycles. The molecule has 2 aromatic rings. The van der Waals surface area contributed by atoms with Gasteiger partial charge in [0.25, 0.3) is 0 Å². The van der Waals surface area contributed by atoms with Gasteiger partial charge in [-0.1, -0.05) is 42.8 Å². The van der Waals surface area contributed by atoms with Crippen LogP contribution in [0.2, 0.25) is 5.02 Å². The fourth-order valence-electron chi connectivity index (χ4n) is 2.60. The molecule has 3 atom stereocenters. The molecular formula is C19H23Cl2FN2O.